The van der Waals surface area contributed by atoms with Crippen molar-refractivity contribution in [3.63, 3.8) is 0 Å². The van der Waals surface area contributed by atoms with Gasteiger partial charge in [-0.15, -0.1) is 0 Å². The van der Waals surface area contributed by atoms with E-state index in [1.54, 1.807) is 36.4 Å². The van der Waals surface area contributed by atoms with Crippen LogP contribution in [0, 0.1) is 0 Å². The quantitative estimate of drug-likeness (QED) is 0.672. The van der Waals surface area contributed by atoms with Gasteiger partial charge in [0.1, 0.15) is 5.52 Å². The lowest BCUT2D eigenvalue weighted by atomic mass is 10.2. The maximum Gasteiger partial charge on any atom is 0.230 e. The maximum absolute atomic E-state index is 6.12. The van der Waals surface area contributed by atoms with Crippen LogP contribution in [0.4, 0.5) is 5.69 Å². The molecule has 0 aliphatic carbocycles. The molecule has 0 saturated carbocycles. The van der Waals surface area contributed by atoms with Crippen molar-refractivity contribution in [2.75, 3.05) is 5.73 Å². The minimum absolute atomic E-state index is 0.398. The number of oxazole rings is 1. The van der Waals surface area contributed by atoms with Gasteiger partial charge in [0.05, 0.1) is 10.6 Å². The van der Waals surface area contributed by atoms with Gasteiger partial charge in [-0.1, -0.05) is 29.3 Å². The summed E-state index contributed by atoms with van der Waals surface area (Å²) in [7, 11) is 0. The Hall–Kier alpha value is -1.71. The Morgan fingerprint density at radius 3 is 2.72 bits per heavy atom. The fourth-order valence-electron chi connectivity index (χ4n) is 1.77. The van der Waals surface area contributed by atoms with Crippen LogP contribution in [0.25, 0.3) is 22.6 Å². The molecule has 0 fully saturated rings. The van der Waals surface area contributed by atoms with Gasteiger partial charge in [0.15, 0.2) is 5.58 Å². The first-order valence-electron chi connectivity index (χ1n) is 5.25. The van der Waals surface area contributed by atoms with Crippen LogP contribution in [0.15, 0.2) is 40.8 Å². The average Bonchev–Trinajstić information content (AvgIpc) is 2.71. The van der Waals surface area contributed by atoms with Crippen LogP contribution >= 0.6 is 23.2 Å². The summed E-state index contributed by atoms with van der Waals surface area (Å²) in [5.74, 6) is 0.398. The molecule has 3 aromatic rings. The van der Waals surface area contributed by atoms with E-state index in [0.717, 1.165) is 0 Å². The molecule has 0 spiro atoms. The van der Waals surface area contributed by atoms with Gasteiger partial charge in [-0.05, 0) is 24.3 Å². The first kappa shape index (κ1) is 11.4. The second-order valence-electron chi connectivity index (χ2n) is 3.84. The number of nitrogens with zero attached hydrogens (tertiary/aromatic N) is 1. The van der Waals surface area contributed by atoms with E-state index in [9.17, 15) is 0 Å². The standard InChI is InChI=1S/C13H8Cl2N2O/c14-7-4-5-10-11(6-7)18-13(17-10)12-8(15)2-1-3-9(12)16/h1-6H,16H2. The molecule has 90 valence electrons. The largest absolute Gasteiger partial charge is 0.436 e. The summed E-state index contributed by atoms with van der Waals surface area (Å²) < 4.78 is 5.64. The topological polar surface area (TPSA) is 52.0 Å². The lowest BCUT2D eigenvalue weighted by molar-refractivity contribution is 0.620. The summed E-state index contributed by atoms with van der Waals surface area (Å²) in [5, 5.41) is 1.10. The number of halogens is 2. The molecule has 0 amide bonds. The molecular formula is C13H8Cl2N2O. The van der Waals surface area contributed by atoms with Gasteiger partial charge in [0.25, 0.3) is 0 Å². The number of anilines is 1. The van der Waals surface area contributed by atoms with E-state index in [2.05, 4.69) is 4.98 Å². The highest BCUT2D eigenvalue weighted by atomic mass is 35.5. The highest BCUT2D eigenvalue weighted by molar-refractivity contribution is 6.34. The second-order valence-corrected chi connectivity index (χ2v) is 4.68. The van der Waals surface area contributed by atoms with Gasteiger partial charge in [-0.25, -0.2) is 4.98 Å². The Morgan fingerprint density at radius 2 is 1.94 bits per heavy atom. The van der Waals surface area contributed by atoms with Crippen molar-refractivity contribution in [3.05, 3.63) is 46.4 Å². The Morgan fingerprint density at radius 1 is 1.11 bits per heavy atom. The van der Waals surface area contributed by atoms with E-state index in [0.29, 0.717) is 38.3 Å². The van der Waals surface area contributed by atoms with Crippen LogP contribution < -0.4 is 5.73 Å². The third kappa shape index (κ3) is 1.82. The van der Waals surface area contributed by atoms with Gasteiger partial charge in [-0.3, -0.25) is 0 Å². The first-order valence-corrected chi connectivity index (χ1v) is 6.01. The van der Waals surface area contributed by atoms with Crippen LogP contribution in [0.1, 0.15) is 0 Å². The fourth-order valence-corrected chi connectivity index (χ4v) is 2.20. The molecule has 0 bridgehead atoms. The summed E-state index contributed by atoms with van der Waals surface area (Å²) >= 11 is 12.0. The molecule has 18 heavy (non-hydrogen) atoms. The highest BCUT2D eigenvalue weighted by Gasteiger charge is 2.14. The number of aromatic nitrogens is 1. The minimum Gasteiger partial charge on any atom is -0.436 e. The molecule has 0 aliphatic heterocycles. The first-order chi connectivity index (χ1) is 8.65. The Kier molecular flexibility index (Phi) is 2.65. The second kappa shape index (κ2) is 4.19. The van der Waals surface area contributed by atoms with Crippen molar-refractivity contribution < 1.29 is 4.42 Å². The van der Waals surface area contributed by atoms with Crippen molar-refractivity contribution >= 4 is 40.0 Å². The molecule has 3 rings (SSSR count). The van der Waals surface area contributed by atoms with Crippen molar-refractivity contribution in [3.8, 4) is 11.5 Å². The summed E-state index contributed by atoms with van der Waals surface area (Å²) in [5.41, 5.74) is 8.35. The number of nitrogens with two attached hydrogens (primary N) is 1. The van der Waals surface area contributed by atoms with Crippen LogP contribution in [-0.2, 0) is 0 Å². The molecule has 0 unspecified atom stereocenters. The molecular weight excluding hydrogens is 271 g/mol. The Bertz CT molecular complexity index is 717. The van der Waals surface area contributed by atoms with E-state index in [-0.39, 0.29) is 0 Å². The van der Waals surface area contributed by atoms with Gasteiger partial charge in [0, 0.05) is 16.8 Å². The molecule has 0 radical (unpaired) electrons. The van der Waals surface area contributed by atoms with Gasteiger partial charge in [0.2, 0.25) is 5.89 Å². The number of rotatable bonds is 1. The molecule has 2 aromatic carbocycles. The number of hydrogen-bond donors (Lipinski definition) is 1. The smallest absolute Gasteiger partial charge is 0.230 e. The van der Waals surface area contributed by atoms with Crippen molar-refractivity contribution in [2.45, 2.75) is 0 Å². The summed E-state index contributed by atoms with van der Waals surface area (Å²) in [6.07, 6.45) is 0. The Balaban J connectivity index is 2.26. The van der Waals surface area contributed by atoms with Crippen LogP contribution in [-0.4, -0.2) is 4.98 Å². The van der Waals surface area contributed by atoms with Crippen LogP contribution in [0.3, 0.4) is 0 Å². The molecule has 2 N–H and O–H groups in total. The highest BCUT2D eigenvalue weighted by Crippen LogP contribution is 2.34. The van der Waals surface area contributed by atoms with Gasteiger partial charge in [-0.2, -0.15) is 0 Å². The van der Waals surface area contributed by atoms with E-state index >= 15 is 0 Å². The van der Waals surface area contributed by atoms with E-state index in [1.807, 2.05) is 0 Å². The van der Waals surface area contributed by atoms with Crippen molar-refractivity contribution in [1.82, 2.24) is 4.98 Å². The normalized spacial score (nSPS) is 11.0. The molecule has 0 saturated heterocycles. The summed E-state index contributed by atoms with van der Waals surface area (Å²) in [6, 6.07) is 10.5. The van der Waals surface area contributed by atoms with Crippen LogP contribution in [0.5, 0.6) is 0 Å². The molecule has 0 aliphatic rings. The number of hydrogen-bond acceptors (Lipinski definition) is 3. The third-order valence-electron chi connectivity index (χ3n) is 2.61. The summed E-state index contributed by atoms with van der Waals surface area (Å²) in [6.45, 7) is 0. The van der Waals surface area contributed by atoms with Crippen LogP contribution in [0.2, 0.25) is 10.0 Å². The third-order valence-corrected chi connectivity index (χ3v) is 3.16. The maximum atomic E-state index is 6.12. The van der Waals surface area contributed by atoms with E-state index in [1.165, 1.54) is 0 Å². The van der Waals surface area contributed by atoms with Crippen molar-refractivity contribution in [2.24, 2.45) is 0 Å². The van der Waals surface area contributed by atoms with Gasteiger partial charge >= 0.3 is 0 Å². The number of nitrogen functional groups attached to an aromatic ring is 1. The zero-order valence-corrected chi connectivity index (χ0v) is 10.7. The molecule has 1 aromatic heterocycles. The van der Waals surface area contributed by atoms with Crippen molar-refractivity contribution in [1.29, 1.82) is 0 Å². The average molecular weight is 279 g/mol. The van der Waals surface area contributed by atoms with Gasteiger partial charge < -0.3 is 10.2 Å². The predicted molar refractivity (Wildman–Crippen MR) is 73.9 cm³/mol. The number of benzene rings is 2. The SMILES string of the molecule is Nc1cccc(Cl)c1-c1nc2ccc(Cl)cc2o1. The molecule has 0 atom stereocenters. The van der Waals surface area contributed by atoms with E-state index in [4.69, 9.17) is 33.4 Å². The monoisotopic (exact) mass is 278 g/mol. The summed E-state index contributed by atoms with van der Waals surface area (Å²) in [4.78, 5) is 4.36. The predicted octanol–water partition coefficient (Wildman–Crippen LogP) is 4.38. The number of fused-ring (bicyclic) bond motifs is 1. The zero-order valence-electron chi connectivity index (χ0n) is 9.15. The molecule has 3 nitrogen and oxygen atoms in total. The fraction of sp³-hybridized carbons (Fsp3) is 0. The Labute approximate surface area is 113 Å². The lowest BCUT2D eigenvalue weighted by Gasteiger charge is -2.02. The minimum atomic E-state index is 0.398. The zero-order chi connectivity index (χ0) is 12.7. The van der Waals surface area contributed by atoms with E-state index < -0.39 is 0 Å². The molecule has 1 heterocycles. The molecule has 5 heteroatoms. The lowest BCUT2D eigenvalue weighted by Crippen LogP contribution is -1.90.